The molecule has 1 fully saturated rings. The summed E-state index contributed by atoms with van der Waals surface area (Å²) >= 11 is 0. The van der Waals surface area contributed by atoms with E-state index in [1.807, 2.05) is 18.5 Å². The van der Waals surface area contributed by atoms with Gasteiger partial charge in [0.05, 0.1) is 0 Å². The second-order valence-electron chi connectivity index (χ2n) is 3.69. The summed E-state index contributed by atoms with van der Waals surface area (Å²) in [7, 11) is 0. The highest BCUT2D eigenvalue weighted by atomic mass is 15.3. The molecule has 1 aromatic rings. The van der Waals surface area contributed by atoms with Crippen LogP contribution in [-0.2, 0) is 6.54 Å². The van der Waals surface area contributed by atoms with Crippen LogP contribution in [-0.4, -0.2) is 14.8 Å². The molecule has 0 N–H and O–H groups in total. The Labute approximate surface area is 72.8 Å². The highest BCUT2D eigenvalue weighted by Crippen LogP contribution is 2.27. The molecule has 0 spiro atoms. The Balaban J connectivity index is 2.05. The zero-order valence-electron chi connectivity index (χ0n) is 7.75. The van der Waals surface area contributed by atoms with Crippen molar-refractivity contribution in [1.82, 2.24) is 14.8 Å². The number of nitrogens with zero attached hydrogens (tertiary/aromatic N) is 3. The lowest BCUT2D eigenvalue weighted by Crippen LogP contribution is -2.19. The van der Waals surface area contributed by atoms with Crippen molar-refractivity contribution in [3.05, 3.63) is 11.6 Å². The molecule has 0 aromatic carbocycles. The molecule has 0 unspecified atom stereocenters. The van der Waals surface area contributed by atoms with Crippen LogP contribution >= 0.6 is 0 Å². The first-order chi connectivity index (χ1) is 5.75. The van der Waals surface area contributed by atoms with Gasteiger partial charge < -0.3 is 0 Å². The molecule has 1 aliphatic rings. The molecule has 3 nitrogen and oxygen atoms in total. The molecule has 66 valence electrons. The van der Waals surface area contributed by atoms with Crippen molar-refractivity contribution >= 4 is 0 Å². The van der Waals surface area contributed by atoms with Crippen molar-refractivity contribution in [3.63, 3.8) is 0 Å². The van der Waals surface area contributed by atoms with Gasteiger partial charge in [0.2, 0.25) is 0 Å². The topological polar surface area (TPSA) is 30.7 Å². The molecule has 0 radical (unpaired) electrons. The van der Waals surface area contributed by atoms with E-state index in [1.54, 1.807) is 0 Å². The van der Waals surface area contributed by atoms with Crippen LogP contribution in [0, 0.1) is 19.8 Å². The summed E-state index contributed by atoms with van der Waals surface area (Å²) in [4.78, 5) is 4.27. The van der Waals surface area contributed by atoms with Gasteiger partial charge in [-0.1, -0.05) is 6.42 Å². The average molecular weight is 165 g/mol. The summed E-state index contributed by atoms with van der Waals surface area (Å²) in [5.74, 6) is 2.82. The minimum Gasteiger partial charge on any atom is -0.250 e. The molecule has 12 heavy (non-hydrogen) atoms. The first-order valence-corrected chi connectivity index (χ1v) is 4.64. The van der Waals surface area contributed by atoms with Gasteiger partial charge in [0, 0.05) is 6.54 Å². The van der Waals surface area contributed by atoms with Gasteiger partial charge in [0.15, 0.2) is 0 Å². The molecule has 0 amide bonds. The van der Waals surface area contributed by atoms with Gasteiger partial charge in [-0.05, 0) is 32.6 Å². The van der Waals surface area contributed by atoms with Crippen LogP contribution in [0.2, 0.25) is 0 Å². The number of aromatic nitrogens is 3. The van der Waals surface area contributed by atoms with Gasteiger partial charge in [0.1, 0.15) is 11.6 Å². The van der Waals surface area contributed by atoms with Crippen LogP contribution in [0.4, 0.5) is 0 Å². The Morgan fingerprint density at radius 3 is 2.58 bits per heavy atom. The third-order valence-electron chi connectivity index (χ3n) is 2.62. The number of aryl methyl sites for hydroxylation is 2. The average Bonchev–Trinajstić information content (AvgIpc) is 2.21. The first-order valence-electron chi connectivity index (χ1n) is 4.64. The minimum atomic E-state index is 0.866. The minimum absolute atomic E-state index is 0.866. The molecule has 0 saturated heterocycles. The molecule has 0 atom stereocenters. The highest BCUT2D eigenvalue weighted by Gasteiger charge is 2.19. The molecule has 3 heteroatoms. The van der Waals surface area contributed by atoms with Gasteiger partial charge >= 0.3 is 0 Å². The summed E-state index contributed by atoms with van der Waals surface area (Å²) < 4.78 is 2.04. The zero-order valence-corrected chi connectivity index (χ0v) is 7.75. The smallest absolute Gasteiger partial charge is 0.147 e. The van der Waals surface area contributed by atoms with E-state index < -0.39 is 0 Å². The van der Waals surface area contributed by atoms with Gasteiger partial charge in [-0.15, -0.1) is 0 Å². The van der Waals surface area contributed by atoms with E-state index in [0.29, 0.717) is 0 Å². The second kappa shape index (κ2) is 2.88. The molecule has 1 heterocycles. The van der Waals surface area contributed by atoms with E-state index in [4.69, 9.17) is 0 Å². The Bertz CT molecular complexity index is 273. The summed E-state index contributed by atoms with van der Waals surface area (Å²) in [6, 6.07) is 0. The normalized spacial score (nSPS) is 17.8. The van der Waals surface area contributed by atoms with Crippen molar-refractivity contribution in [2.24, 2.45) is 5.92 Å². The summed E-state index contributed by atoms with van der Waals surface area (Å²) in [5, 5.41) is 4.34. The fourth-order valence-corrected chi connectivity index (χ4v) is 1.65. The van der Waals surface area contributed by atoms with Crippen molar-refractivity contribution < 1.29 is 0 Å². The Kier molecular flexibility index (Phi) is 1.87. The van der Waals surface area contributed by atoms with Crippen LogP contribution in [0.25, 0.3) is 0 Å². The quantitative estimate of drug-likeness (QED) is 0.667. The first kappa shape index (κ1) is 7.77. The molecule has 0 bridgehead atoms. The molecule has 1 aliphatic carbocycles. The largest absolute Gasteiger partial charge is 0.250 e. The second-order valence-corrected chi connectivity index (χ2v) is 3.69. The van der Waals surface area contributed by atoms with Gasteiger partial charge in [-0.3, -0.25) is 0 Å². The lowest BCUT2D eigenvalue weighted by molar-refractivity contribution is 0.264. The fraction of sp³-hybridized carbons (Fsp3) is 0.778. The van der Waals surface area contributed by atoms with Crippen molar-refractivity contribution in [2.45, 2.75) is 39.7 Å². The third-order valence-corrected chi connectivity index (χ3v) is 2.62. The molecule has 1 saturated carbocycles. The molecular formula is C9H15N3. The van der Waals surface area contributed by atoms with Crippen molar-refractivity contribution in [1.29, 1.82) is 0 Å². The van der Waals surface area contributed by atoms with E-state index in [1.165, 1.54) is 19.3 Å². The van der Waals surface area contributed by atoms with Crippen molar-refractivity contribution in [2.75, 3.05) is 0 Å². The summed E-state index contributed by atoms with van der Waals surface area (Å²) in [6.07, 6.45) is 4.15. The highest BCUT2D eigenvalue weighted by molar-refractivity contribution is 4.88. The predicted molar refractivity (Wildman–Crippen MR) is 46.8 cm³/mol. The third kappa shape index (κ3) is 1.36. The Morgan fingerprint density at radius 2 is 2.17 bits per heavy atom. The fourth-order valence-electron chi connectivity index (χ4n) is 1.65. The Morgan fingerprint density at radius 1 is 1.42 bits per heavy atom. The predicted octanol–water partition coefficient (Wildman–Crippen LogP) is 1.70. The number of hydrogen-bond donors (Lipinski definition) is 0. The standard InChI is InChI=1S/C9H15N3/c1-7-10-8(2)12(11-7)6-9-4-3-5-9/h9H,3-6H2,1-2H3. The van der Waals surface area contributed by atoms with Gasteiger partial charge in [0.25, 0.3) is 0 Å². The summed E-state index contributed by atoms with van der Waals surface area (Å²) in [6.45, 7) is 5.05. The maximum atomic E-state index is 4.34. The van der Waals surface area contributed by atoms with Crippen LogP contribution in [0.15, 0.2) is 0 Å². The maximum Gasteiger partial charge on any atom is 0.147 e. The maximum absolute atomic E-state index is 4.34. The Hall–Kier alpha value is -0.860. The van der Waals surface area contributed by atoms with E-state index in [-0.39, 0.29) is 0 Å². The van der Waals surface area contributed by atoms with Gasteiger partial charge in [-0.2, -0.15) is 5.10 Å². The zero-order chi connectivity index (χ0) is 8.55. The number of rotatable bonds is 2. The monoisotopic (exact) mass is 165 g/mol. The molecule has 2 rings (SSSR count). The molecule has 1 aromatic heterocycles. The molecule has 0 aliphatic heterocycles. The van der Waals surface area contributed by atoms with Crippen LogP contribution in [0.1, 0.15) is 30.9 Å². The van der Waals surface area contributed by atoms with Crippen LogP contribution in [0.5, 0.6) is 0 Å². The number of hydrogen-bond acceptors (Lipinski definition) is 2. The lowest BCUT2D eigenvalue weighted by atomic mass is 9.85. The van der Waals surface area contributed by atoms with Crippen LogP contribution in [0.3, 0.4) is 0 Å². The van der Waals surface area contributed by atoms with E-state index in [0.717, 1.165) is 24.1 Å². The SMILES string of the molecule is Cc1nc(C)n(CC2CCC2)n1. The van der Waals surface area contributed by atoms with Gasteiger partial charge in [-0.25, -0.2) is 9.67 Å². The van der Waals surface area contributed by atoms with Crippen molar-refractivity contribution in [3.8, 4) is 0 Å². The van der Waals surface area contributed by atoms with E-state index in [9.17, 15) is 0 Å². The van der Waals surface area contributed by atoms with E-state index in [2.05, 4.69) is 10.1 Å². The van der Waals surface area contributed by atoms with E-state index >= 15 is 0 Å². The lowest BCUT2D eigenvalue weighted by Gasteiger charge is -2.25. The summed E-state index contributed by atoms with van der Waals surface area (Å²) in [5.41, 5.74) is 0. The molecular weight excluding hydrogens is 150 g/mol. The van der Waals surface area contributed by atoms with Crippen LogP contribution < -0.4 is 0 Å².